The fourth-order valence-corrected chi connectivity index (χ4v) is 2.10. The van der Waals surface area contributed by atoms with E-state index in [0.717, 1.165) is 35.9 Å². The van der Waals surface area contributed by atoms with Gasteiger partial charge in [0.1, 0.15) is 0 Å². The highest BCUT2D eigenvalue weighted by atomic mass is 35.5. The van der Waals surface area contributed by atoms with Crippen LogP contribution in [0, 0.1) is 5.41 Å². The van der Waals surface area contributed by atoms with Crippen molar-refractivity contribution in [2.24, 2.45) is 5.41 Å². The maximum absolute atomic E-state index is 9.21. The number of aryl methyl sites for hydroxylation is 2. The summed E-state index contributed by atoms with van der Waals surface area (Å²) in [5, 5.41) is 17.8. The van der Waals surface area contributed by atoms with Crippen LogP contribution in [0.3, 0.4) is 0 Å². The van der Waals surface area contributed by atoms with Gasteiger partial charge in [-0.05, 0) is 13.3 Å². The molecule has 0 amide bonds. The minimum Gasteiger partial charge on any atom is -0.396 e. The summed E-state index contributed by atoms with van der Waals surface area (Å²) in [4.78, 5) is 0. The molecule has 0 saturated carbocycles. The molecular weight excluding hydrogens is 250 g/mol. The zero-order valence-electron chi connectivity index (χ0n) is 11.8. The molecule has 0 aliphatic carbocycles. The monoisotopic (exact) mass is 273 g/mol. The van der Waals surface area contributed by atoms with E-state index in [-0.39, 0.29) is 12.0 Å². The van der Waals surface area contributed by atoms with Crippen molar-refractivity contribution in [2.75, 3.05) is 13.2 Å². The molecule has 18 heavy (non-hydrogen) atoms. The fourth-order valence-electron chi connectivity index (χ4n) is 1.76. The summed E-state index contributed by atoms with van der Waals surface area (Å²) in [7, 11) is 0. The van der Waals surface area contributed by atoms with Crippen molar-refractivity contribution in [2.45, 2.75) is 47.2 Å². The highest BCUT2D eigenvalue weighted by Gasteiger charge is 2.18. The van der Waals surface area contributed by atoms with E-state index in [1.807, 2.05) is 18.5 Å². The van der Waals surface area contributed by atoms with Gasteiger partial charge < -0.3 is 10.4 Å². The molecular formula is C13H24ClN3O. The molecule has 0 atom stereocenters. The van der Waals surface area contributed by atoms with Crippen LogP contribution in [-0.2, 0) is 19.5 Å². The molecule has 1 heterocycles. The maximum atomic E-state index is 9.21. The Kier molecular flexibility index (Phi) is 5.63. The van der Waals surface area contributed by atoms with Gasteiger partial charge in [-0.25, -0.2) is 0 Å². The number of aliphatic hydroxyl groups is 1. The van der Waals surface area contributed by atoms with Crippen LogP contribution in [0.4, 0.5) is 0 Å². The molecule has 5 heteroatoms. The van der Waals surface area contributed by atoms with Crippen molar-refractivity contribution in [3.63, 3.8) is 0 Å². The molecule has 1 aromatic rings. The Morgan fingerprint density at radius 2 is 2.06 bits per heavy atom. The van der Waals surface area contributed by atoms with Crippen LogP contribution in [0.2, 0.25) is 5.02 Å². The van der Waals surface area contributed by atoms with E-state index in [2.05, 4.69) is 24.3 Å². The number of nitrogens with zero attached hydrogens (tertiary/aromatic N) is 2. The lowest BCUT2D eigenvalue weighted by atomic mass is 9.95. The van der Waals surface area contributed by atoms with Gasteiger partial charge in [-0.1, -0.05) is 32.4 Å². The van der Waals surface area contributed by atoms with E-state index in [0.29, 0.717) is 6.54 Å². The third kappa shape index (κ3) is 3.70. The van der Waals surface area contributed by atoms with E-state index in [1.54, 1.807) is 0 Å². The number of nitrogens with one attached hydrogen (secondary N) is 1. The molecule has 4 nitrogen and oxygen atoms in total. The van der Waals surface area contributed by atoms with Gasteiger partial charge in [0.15, 0.2) is 0 Å². The smallest absolute Gasteiger partial charge is 0.0863 e. The standard InChI is InChI=1S/C13H24ClN3O/c1-5-10-12(14)11(17(6-2)16-10)7-15-8-13(3,4)9-18/h15,18H,5-9H2,1-4H3. The third-order valence-electron chi connectivity index (χ3n) is 3.02. The van der Waals surface area contributed by atoms with Gasteiger partial charge in [-0.3, -0.25) is 4.68 Å². The first kappa shape index (κ1) is 15.5. The molecule has 0 fully saturated rings. The van der Waals surface area contributed by atoms with Gasteiger partial charge >= 0.3 is 0 Å². The number of hydrogen-bond acceptors (Lipinski definition) is 3. The van der Waals surface area contributed by atoms with E-state index in [1.165, 1.54) is 0 Å². The second-order valence-electron chi connectivity index (χ2n) is 5.30. The predicted octanol–water partition coefficient (Wildman–Crippen LogP) is 2.23. The summed E-state index contributed by atoms with van der Waals surface area (Å²) < 4.78 is 1.94. The van der Waals surface area contributed by atoms with Crippen molar-refractivity contribution in [3.05, 3.63) is 16.4 Å². The van der Waals surface area contributed by atoms with Crippen LogP contribution < -0.4 is 5.32 Å². The van der Waals surface area contributed by atoms with Gasteiger partial charge in [0.2, 0.25) is 0 Å². The summed E-state index contributed by atoms with van der Waals surface area (Å²) in [6, 6.07) is 0. The number of rotatable bonds is 7. The minimum absolute atomic E-state index is 0.114. The third-order valence-corrected chi connectivity index (χ3v) is 3.45. The van der Waals surface area contributed by atoms with Crippen LogP contribution in [0.1, 0.15) is 39.1 Å². The lowest BCUT2D eigenvalue weighted by Gasteiger charge is -2.22. The summed E-state index contributed by atoms with van der Waals surface area (Å²) >= 11 is 6.32. The zero-order valence-corrected chi connectivity index (χ0v) is 12.5. The van der Waals surface area contributed by atoms with Crippen LogP contribution in [0.15, 0.2) is 0 Å². The van der Waals surface area contributed by atoms with Crippen molar-refractivity contribution in [3.8, 4) is 0 Å². The molecule has 0 radical (unpaired) electrons. The Hall–Kier alpha value is -0.580. The maximum Gasteiger partial charge on any atom is 0.0863 e. The van der Waals surface area contributed by atoms with Gasteiger partial charge in [-0.15, -0.1) is 0 Å². The lowest BCUT2D eigenvalue weighted by Crippen LogP contribution is -2.32. The molecule has 0 saturated heterocycles. The van der Waals surface area contributed by atoms with E-state index in [9.17, 15) is 5.11 Å². The van der Waals surface area contributed by atoms with Crippen molar-refractivity contribution < 1.29 is 5.11 Å². The summed E-state index contributed by atoms with van der Waals surface area (Å²) in [5.74, 6) is 0. The van der Waals surface area contributed by atoms with Crippen LogP contribution in [0.25, 0.3) is 0 Å². The van der Waals surface area contributed by atoms with E-state index >= 15 is 0 Å². The predicted molar refractivity (Wildman–Crippen MR) is 74.9 cm³/mol. The van der Waals surface area contributed by atoms with Crippen LogP contribution in [0.5, 0.6) is 0 Å². The molecule has 0 unspecified atom stereocenters. The molecule has 0 spiro atoms. The Balaban J connectivity index is 2.69. The molecule has 0 aliphatic rings. The Labute approximate surface area is 114 Å². The quantitative estimate of drug-likeness (QED) is 0.801. The van der Waals surface area contributed by atoms with Crippen molar-refractivity contribution >= 4 is 11.6 Å². The number of aliphatic hydroxyl groups excluding tert-OH is 1. The molecule has 104 valence electrons. The van der Waals surface area contributed by atoms with Crippen molar-refractivity contribution in [1.29, 1.82) is 0 Å². The second kappa shape index (κ2) is 6.55. The average Bonchev–Trinajstić information content (AvgIpc) is 2.66. The Bertz CT molecular complexity index is 388. The fraction of sp³-hybridized carbons (Fsp3) is 0.769. The molecule has 1 aromatic heterocycles. The molecule has 0 aromatic carbocycles. The summed E-state index contributed by atoms with van der Waals surface area (Å²) in [6.45, 7) is 10.6. The molecule has 2 N–H and O–H groups in total. The van der Waals surface area contributed by atoms with Gasteiger partial charge in [0.25, 0.3) is 0 Å². The topological polar surface area (TPSA) is 50.1 Å². The second-order valence-corrected chi connectivity index (χ2v) is 5.68. The summed E-state index contributed by atoms with van der Waals surface area (Å²) in [6.07, 6.45) is 0.848. The highest BCUT2D eigenvalue weighted by molar-refractivity contribution is 6.31. The highest BCUT2D eigenvalue weighted by Crippen LogP contribution is 2.21. The normalized spacial score (nSPS) is 12.1. The molecule has 1 rings (SSSR count). The Morgan fingerprint density at radius 1 is 1.39 bits per heavy atom. The van der Waals surface area contributed by atoms with E-state index < -0.39 is 0 Å². The first-order chi connectivity index (χ1) is 8.45. The number of hydrogen-bond donors (Lipinski definition) is 2. The zero-order chi connectivity index (χ0) is 13.8. The van der Waals surface area contributed by atoms with Gasteiger partial charge in [0.05, 0.1) is 16.4 Å². The van der Waals surface area contributed by atoms with Crippen LogP contribution >= 0.6 is 11.6 Å². The summed E-state index contributed by atoms with van der Waals surface area (Å²) in [5.41, 5.74) is 1.87. The molecule has 0 bridgehead atoms. The lowest BCUT2D eigenvalue weighted by molar-refractivity contribution is 0.156. The SMILES string of the molecule is CCc1nn(CC)c(CNCC(C)(C)CO)c1Cl. The first-order valence-electron chi connectivity index (χ1n) is 6.50. The first-order valence-corrected chi connectivity index (χ1v) is 6.88. The molecule has 0 aliphatic heterocycles. The average molecular weight is 274 g/mol. The largest absolute Gasteiger partial charge is 0.396 e. The minimum atomic E-state index is -0.114. The van der Waals surface area contributed by atoms with Gasteiger partial charge in [-0.2, -0.15) is 5.10 Å². The van der Waals surface area contributed by atoms with Crippen molar-refractivity contribution in [1.82, 2.24) is 15.1 Å². The Morgan fingerprint density at radius 3 is 2.56 bits per heavy atom. The number of halogens is 1. The van der Waals surface area contributed by atoms with E-state index in [4.69, 9.17) is 11.6 Å². The van der Waals surface area contributed by atoms with Gasteiger partial charge in [0, 0.05) is 31.7 Å². The number of aromatic nitrogens is 2. The van der Waals surface area contributed by atoms with Crippen LogP contribution in [-0.4, -0.2) is 28.0 Å².